The number of nitrogens with two attached hydrogens (primary N) is 1. The van der Waals surface area contributed by atoms with Gasteiger partial charge in [-0.2, -0.15) is 0 Å². The molecule has 0 heterocycles. The van der Waals surface area contributed by atoms with E-state index in [2.05, 4.69) is 5.32 Å². The molecule has 0 aliphatic carbocycles. The number of primary amides is 1. The van der Waals surface area contributed by atoms with Gasteiger partial charge in [0.05, 0.1) is 5.88 Å². The highest BCUT2D eigenvalue weighted by Gasteiger charge is 2.19. The van der Waals surface area contributed by atoms with Gasteiger partial charge in [-0.15, -0.1) is 11.6 Å². The number of nitrogens with one attached hydrogen (secondary N) is 1. The molecule has 0 saturated heterocycles. The number of rotatable bonds is 5. The summed E-state index contributed by atoms with van der Waals surface area (Å²) in [6, 6.07) is 6.29. The second-order valence-electron chi connectivity index (χ2n) is 4.91. The van der Waals surface area contributed by atoms with Crippen LogP contribution < -0.4 is 11.1 Å². The van der Waals surface area contributed by atoms with Gasteiger partial charge in [-0.1, -0.05) is 12.1 Å². The van der Waals surface area contributed by atoms with Crippen molar-refractivity contribution in [2.75, 3.05) is 13.0 Å². The first kappa shape index (κ1) is 22.4. The summed E-state index contributed by atoms with van der Waals surface area (Å²) >= 11 is 5.45. The summed E-state index contributed by atoms with van der Waals surface area (Å²) in [6.45, 7) is 0. The quantitative estimate of drug-likeness (QED) is 0.455. The molecule has 2 aromatic rings. The highest BCUT2D eigenvalue weighted by atomic mass is 35.5. The molecule has 0 spiro atoms. The summed E-state index contributed by atoms with van der Waals surface area (Å²) in [6.07, 6.45) is -0.784. The molecular formula is C17H15ClF4N2O3. The van der Waals surface area contributed by atoms with Gasteiger partial charge in [-0.05, 0) is 24.3 Å². The molecule has 0 aromatic heterocycles. The largest absolute Gasteiger partial charge is 0.365 e. The van der Waals surface area contributed by atoms with Crippen LogP contribution in [-0.2, 0) is 4.74 Å². The number of carbonyl (C=O) groups is 2. The molecule has 1 atom stereocenters. The van der Waals surface area contributed by atoms with Crippen LogP contribution in [0.15, 0.2) is 36.4 Å². The zero-order valence-corrected chi connectivity index (χ0v) is 14.7. The highest BCUT2D eigenvalue weighted by Crippen LogP contribution is 2.12. The van der Waals surface area contributed by atoms with Crippen molar-refractivity contribution < 1.29 is 31.9 Å². The van der Waals surface area contributed by atoms with Gasteiger partial charge in [0, 0.05) is 7.11 Å². The first-order chi connectivity index (χ1) is 12.7. The Hall–Kier alpha value is -2.65. The Morgan fingerprint density at radius 1 is 1.00 bits per heavy atom. The van der Waals surface area contributed by atoms with Crippen molar-refractivity contribution in [1.82, 2.24) is 5.32 Å². The van der Waals surface area contributed by atoms with E-state index in [1.165, 1.54) is 13.2 Å². The molecule has 146 valence electrons. The normalized spacial score (nSPS) is 11.2. The Morgan fingerprint density at radius 3 is 1.70 bits per heavy atom. The van der Waals surface area contributed by atoms with Gasteiger partial charge in [0.15, 0.2) is 0 Å². The van der Waals surface area contributed by atoms with Gasteiger partial charge in [0.1, 0.15) is 40.6 Å². The molecule has 10 heteroatoms. The van der Waals surface area contributed by atoms with Gasteiger partial charge in [0.25, 0.3) is 11.8 Å². The molecule has 1 unspecified atom stereocenters. The van der Waals surface area contributed by atoms with Gasteiger partial charge >= 0.3 is 0 Å². The Morgan fingerprint density at radius 2 is 1.41 bits per heavy atom. The second-order valence-corrected chi connectivity index (χ2v) is 5.22. The summed E-state index contributed by atoms with van der Waals surface area (Å²) in [7, 11) is 1.32. The summed E-state index contributed by atoms with van der Waals surface area (Å²) in [5.74, 6) is -5.74. The maximum atomic E-state index is 13.2. The van der Waals surface area contributed by atoms with Gasteiger partial charge in [0.2, 0.25) is 0 Å². The Kier molecular flexibility index (Phi) is 8.70. The molecule has 2 rings (SSSR count). The monoisotopic (exact) mass is 406 g/mol. The van der Waals surface area contributed by atoms with Crippen LogP contribution in [0.1, 0.15) is 20.7 Å². The summed E-state index contributed by atoms with van der Waals surface area (Å²) in [5.41, 5.74) is 3.37. The second kappa shape index (κ2) is 10.5. The van der Waals surface area contributed by atoms with Crippen molar-refractivity contribution in [3.05, 3.63) is 70.8 Å². The molecule has 0 aliphatic rings. The third-order valence-electron chi connectivity index (χ3n) is 3.12. The highest BCUT2D eigenvalue weighted by molar-refractivity contribution is 6.18. The van der Waals surface area contributed by atoms with E-state index < -0.39 is 52.4 Å². The fourth-order valence-corrected chi connectivity index (χ4v) is 2.03. The van der Waals surface area contributed by atoms with Crippen LogP contribution in [0, 0.1) is 23.3 Å². The third kappa shape index (κ3) is 6.22. The minimum Gasteiger partial charge on any atom is -0.365 e. The molecule has 27 heavy (non-hydrogen) atoms. The minimum atomic E-state index is -1.10. The van der Waals surface area contributed by atoms with E-state index in [0.29, 0.717) is 0 Å². The zero-order valence-electron chi connectivity index (χ0n) is 13.9. The van der Waals surface area contributed by atoms with E-state index in [1.54, 1.807) is 0 Å². The first-order valence-corrected chi connectivity index (χ1v) is 7.83. The van der Waals surface area contributed by atoms with Crippen LogP contribution in [0.3, 0.4) is 0 Å². The molecule has 0 radical (unpaired) electrons. The average molecular weight is 407 g/mol. The van der Waals surface area contributed by atoms with Gasteiger partial charge < -0.3 is 15.8 Å². The van der Waals surface area contributed by atoms with E-state index in [-0.39, 0.29) is 5.88 Å². The maximum Gasteiger partial charge on any atom is 0.259 e. The Bertz CT molecular complexity index is 776. The fraction of sp³-hybridized carbons (Fsp3) is 0.176. The summed E-state index contributed by atoms with van der Waals surface area (Å²) < 4.78 is 56.3. The van der Waals surface area contributed by atoms with Crippen LogP contribution in [0.25, 0.3) is 0 Å². The summed E-state index contributed by atoms with van der Waals surface area (Å²) in [4.78, 5) is 21.9. The molecule has 0 bridgehead atoms. The number of carbonyl (C=O) groups excluding carboxylic acids is 2. The maximum absolute atomic E-state index is 13.2. The molecule has 0 aliphatic heterocycles. The SMILES string of the molecule is COC(CCl)NC(=O)c1c(F)cccc1F.NC(=O)c1c(F)cccc1F. The number of hydrogen-bond acceptors (Lipinski definition) is 3. The van der Waals surface area contributed by atoms with Crippen molar-refractivity contribution in [2.24, 2.45) is 5.73 Å². The molecule has 0 fully saturated rings. The predicted octanol–water partition coefficient (Wildman–Crippen LogP) is 2.97. The number of alkyl halides is 1. The van der Waals surface area contributed by atoms with Crippen LogP contribution in [-0.4, -0.2) is 31.0 Å². The van der Waals surface area contributed by atoms with E-state index in [1.807, 2.05) is 0 Å². The minimum absolute atomic E-state index is 0.0156. The number of benzene rings is 2. The molecule has 3 N–H and O–H groups in total. The average Bonchev–Trinajstić information content (AvgIpc) is 2.59. The van der Waals surface area contributed by atoms with Crippen molar-refractivity contribution in [3.8, 4) is 0 Å². The lowest BCUT2D eigenvalue weighted by atomic mass is 10.2. The molecule has 0 saturated carbocycles. The molecule has 5 nitrogen and oxygen atoms in total. The number of halogens is 5. The van der Waals surface area contributed by atoms with Crippen molar-refractivity contribution >= 4 is 23.4 Å². The van der Waals surface area contributed by atoms with Crippen LogP contribution in [0.2, 0.25) is 0 Å². The number of hydrogen-bond donors (Lipinski definition) is 2. The van der Waals surface area contributed by atoms with Crippen molar-refractivity contribution in [3.63, 3.8) is 0 Å². The first-order valence-electron chi connectivity index (χ1n) is 7.30. The van der Waals surface area contributed by atoms with Crippen molar-refractivity contribution in [2.45, 2.75) is 6.23 Å². The zero-order chi connectivity index (χ0) is 20.6. The Balaban J connectivity index is 0.000000289. The topological polar surface area (TPSA) is 81.4 Å². The number of ether oxygens (including phenoxy) is 1. The Labute approximate surface area is 157 Å². The molecule has 2 aromatic carbocycles. The molecular weight excluding hydrogens is 392 g/mol. The summed E-state index contributed by atoms with van der Waals surface area (Å²) in [5, 5.41) is 2.24. The van der Waals surface area contributed by atoms with Gasteiger partial charge in [-0.3, -0.25) is 9.59 Å². The van der Waals surface area contributed by atoms with Gasteiger partial charge in [-0.25, -0.2) is 17.6 Å². The number of methoxy groups -OCH3 is 1. The van der Waals surface area contributed by atoms with E-state index in [4.69, 9.17) is 22.1 Å². The standard InChI is InChI=1S/C10H10ClF2NO2.C7H5F2NO/c1-16-8(5-11)14-10(15)9-6(12)3-2-4-7(9)13;8-4-2-1-3-5(9)6(4)7(10)11/h2-4,8H,5H2,1H3,(H,14,15);1-3H,(H2,10,11). The lowest BCUT2D eigenvalue weighted by Crippen LogP contribution is -2.38. The number of amides is 2. The van der Waals surface area contributed by atoms with Crippen LogP contribution >= 0.6 is 11.6 Å². The fourth-order valence-electron chi connectivity index (χ4n) is 1.83. The van der Waals surface area contributed by atoms with Crippen LogP contribution in [0.5, 0.6) is 0 Å². The van der Waals surface area contributed by atoms with E-state index >= 15 is 0 Å². The lowest BCUT2D eigenvalue weighted by molar-refractivity contribution is 0.0663. The molecule has 2 amide bonds. The third-order valence-corrected chi connectivity index (χ3v) is 3.40. The lowest BCUT2D eigenvalue weighted by Gasteiger charge is -2.14. The predicted molar refractivity (Wildman–Crippen MR) is 90.2 cm³/mol. The van der Waals surface area contributed by atoms with E-state index in [0.717, 1.165) is 30.3 Å². The van der Waals surface area contributed by atoms with Crippen molar-refractivity contribution in [1.29, 1.82) is 0 Å². The smallest absolute Gasteiger partial charge is 0.259 e. The van der Waals surface area contributed by atoms with Crippen LogP contribution in [0.4, 0.5) is 17.6 Å². The van der Waals surface area contributed by atoms with E-state index in [9.17, 15) is 27.2 Å².